The van der Waals surface area contributed by atoms with Crippen LogP contribution < -0.4 is 10.5 Å². The van der Waals surface area contributed by atoms with Gasteiger partial charge in [0, 0.05) is 12.1 Å². The van der Waals surface area contributed by atoms with Crippen molar-refractivity contribution >= 4 is 11.7 Å². The topological polar surface area (TPSA) is 88.2 Å². The molecule has 21 heavy (non-hydrogen) atoms. The summed E-state index contributed by atoms with van der Waals surface area (Å²) in [5.74, 6) is 0.766. The third-order valence-corrected chi connectivity index (χ3v) is 3.81. The van der Waals surface area contributed by atoms with E-state index in [-0.39, 0.29) is 24.2 Å². The maximum atomic E-state index is 12.5. The number of para-hydroxylation sites is 1. The van der Waals surface area contributed by atoms with Crippen LogP contribution in [0.4, 0.5) is 0 Å². The number of carbonyl (C=O) groups is 1. The molecular weight excluding hydrogens is 270 g/mol. The Labute approximate surface area is 124 Å². The first-order chi connectivity index (χ1) is 10.2. The zero-order chi connectivity index (χ0) is 15.2. The van der Waals surface area contributed by atoms with Gasteiger partial charge in [0.05, 0.1) is 19.6 Å². The second-order valence-corrected chi connectivity index (χ2v) is 5.11. The van der Waals surface area contributed by atoms with Crippen molar-refractivity contribution in [2.45, 2.75) is 31.7 Å². The van der Waals surface area contributed by atoms with Gasteiger partial charge in [0.1, 0.15) is 5.75 Å². The lowest BCUT2D eigenvalue weighted by atomic mass is 10.00. The Morgan fingerprint density at radius 1 is 1.48 bits per heavy atom. The Morgan fingerprint density at radius 2 is 2.24 bits per heavy atom. The number of hydrogen-bond donors (Lipinski definition) is 2. The number of carbonyl (C=O) groups excluding carboxylic acids is 1. The molecule has 1 aliphatic rings. The van der Waals surface area contributed by atoms with Crippen LogP contribution in [0.1, 0.15) is 24.8 Å². The van der Waals surface area contributed by atoms with Crippen molar-refractivity contribution in [1.82, 2.24) is 4.90 Å². The second-order valence-electron chi connectivity index (χ2n) is 5.11. The van der Waals surface area contributed by atoms with Crippen molar-refractivity contribution in [2.75, 3.05) is 13.7 Å². The molecule has 1 unspecified atom stereocenters. The van der Waals surface area contributed by atoms with Gasteiger partial charge < -0.3 is 20.6 Å². The molecule has 0 aromatic heterocycles. The largest absolute Gasteiger partial charge is 0.496 e. The minimum atomic E-state index is -0.314. The molecule has 3 N–H and O–H groups in total. The van der Waals surface area contributed by atoms with Crippen molar-refractivity contribution in [3.63, 3.8) is 0 Å². The van der Waals surface area contributed by atoms with Crippen molar-refractivity contribution in [1.29, 1.82) is 0 Å². The van der Waals surface area contributed by atoms with E-state index >= 15 is 0 Å². The van der Waals surface area contributed by atoms with E-state index in [1.54, 1.807) is 12.0 Å². The molecule has 2 rings (SSSR count). The summed E-state index contributed by atoms with van der Waals surface area (Å²) in [5, 5.41) is 11.9. The highest BCUT2D eigenvalue weighted by Gasteiger charge is 2.30. The molecule has 1 atom stereocenters. The number of rotatable bonds is 4. The van der Waals surface area contributed by atoms with Crippen LogP contribution in [-0.4, -0.2) is 41.5 Å². The first-order valence-corrected chi connectivity index (χ1v) is 7.06. The van der Waals surface area contributed by atoms with E-state index in [2.05, 4.69) is 5.16 Å². The van der Waals surface area contributed by atoms with Crippen LogP contribution in [0.2, 0.25) is 0 Å². The normalized spacial score (nSPS) is 19.4. The summed E-state index contributed by atoms with van der Waals surface area (Å²) < 4.78 is 5.27. The fourth-order valence-corrected chi connectivity index (χ4v) is 2.72. The molecule has 114 valence electrons. The monoisotopic (exact) mass is 291 g/mol. The summed E-state index contributed by atoms with van der Waals surface area (Å²) >= 11 is 0. The SMILES string of the molecule is COc1ccccc1CC(=O)N1CCCCC1C(N)=NO. The molecule has 1 amide bonds. The molecule has 6 heteroatoms. The highest BCUT2D eigenvalue weighted by atomic mass is 16.5. The van der Waals surface area contributed by atoms with Gasteiger partial charge >= 0.3 is 0 Å². The quantitative estimate of drug-likeness (QED) is 0.379. The lowest BCUT2D eigenvalue weighted by molar-refractivity contribution is -0.132. The van der Waals surface area contributed by atoms with E-state index in [0.29, 0.717) is 12.3 Å². The molecule has 1 heterocycles. The van der Waals surface area contributed by atoms with Gasteiger partial charge in [0.2, 0.25) is 5.91 Å². The minimum Gasteiger partial charge on any atom is -0.496 e. The number of nitrogens with two attached hydrogens (primary N) is 1. The molecule has 1 aromatic rings. The number of ether oxygens (including phenoxy) is 1. The molecule has 0 spiro atoms. The summed E-state index contributed by atoms with van der Waals surface area (Å²) in [6, 6.07) is 7.14. The third-order valence-electron chi connectivity index (χ3n) is 3.81. The molecule has 1 fully saturated rings. The van der Waals surface area contributed by atoms with Crippen molar-refractivity contribution in [3.05, 3.63) is 29.8 Å². The number of benzene rings is 1. The van der Waals surface area contributed by atoms with Crippen LogP contribution in [0, 0.1) is 0 Å². The zero-order valence-corrected chi connectivity index (χ0v) is 12.2. The number of piperidine rings is 1. The van der Waals surface area contributed by atoms with Gasteiger partial charge in [-0.15, -0.1) is 0 Å². The van der Waals surface area contributed by atoms with Crippen LogP contribution in [0.25, 0.3) is 0 Å². The summed E-state index contributed by atoms with van der Waals surface area (Å²) in [6.07, 6.45) is 2.89. The first kappa shape index (κ1) is 15.2. The van der Waals surface area contributed by atoms with E-state index in [9.17, 15) is 4.79 Å². The van der Waals surface area contributed by atoms with Crippen LogP contribution >= 0.6 is 0 Å². The fraction of sp³-hybridized carbons (Fsp3) is 0.467. The molecule has 0 saturated carbocycles. The Balaban J connectivity index is 2.14. The van der Waals surface area contributed by atoms with Crippen LogP contribution in [-0.2, 0) is 11.2 Å². The van der Waals surface area contributed by atoms with E-state index in [4.69, 9.17) is 15.7 Å². The molecule has 0 aliphatic carbocycles. The van der Waals surface area contributed by atoms with Crippen molar-refractivity contribution in [3.8, 4) is 5.75 Å². The highest BCUT2D eigenvalue weighted by Crippen LogP contribution is 2.22. The van der Waals surface area contributed by atoms with Gasteiger partial charge in [0.25, 0.3) is 0 Å². The van der Waals surface area contributed by atoms with E-state index in [1.807, 2.05) is 24.3 Å². The summed E-state index contributed by atoms with van der Waals surface area (Å²) in [7, 11) is 1.59. The Bertz CT molecular complexity index is 531. The predicted octanol–water partition coefficient (Wildman–Crippen LogP) is 1.37. The molecule has 0 bridgehead atoms. The number of amidine groups is 1. The Kier molecular flexibility index (Phi) is 5.03. The number of amides is 1. The Morgan fingerprint density at radius 3 is 2.95 bits per heavy atom. The van der Waals surface area contributed by atoms with Crippen LogP contribution in [0.15, 0.2) is 29.4 Å². The van der Waals surface area contributed by atoms with E-state index in [1.165, 1.54) is 0 Å². The standard InChI is InChI=1S/C15H21N3O3/c1-21-13-8-3-2-6-11(13)10-14(19)18-9-5-4-7-12(18)15(16)17-20/h2-3,6,8,12,20H,4-5,7,9-10H2,1H3,(H2,16,17). The number of hydrogen-bond acceptors (Lipinski definition) is 4. The zero-order valence-electron chi connectivity index (χ0n) is 12.2. The minimum absolute atomic E-state index is 0.0317. The molecule has 1 saturated heterocycles. The molecule has 1 aliphatic heterocycles. The van der Waals surface area contributed by atoms with E-state index < -0.39 is 0 Å². The molecule has 0 radical (unpaired) electrons. The molecule has 1 aromatic carbocycles. The smallest absolute Gasteiger partial charge is 0.227 e. The average molecular weight is 291 g/mol. The first-order valence-electron chi connectivity index (χ1n) is 7.06. The average Bonchev–Trinajstić information content (AvgIpc) is 2.54. The highest BCUT2D eigenvalue weighted by molar-refractivity contribution is 5.90. The maximum Gasteiger partial charge on any atom is 0.227 e. The van der Waals surface area contributed by atoms with Gasteiger partial charge in [-0.25, -0.2) is 0 Å². The lowest BCUT2D eigenvalue weighted by Gasteiger charge is -2.35. The molecule has 6 nitrogen and oxygen atoms in total. The summed E-state index contributed by atoms with van der Waals surface area (Å²) in [4.78, 5) is 14.2. The van der Waals surface area contributed by atoms with Gasteiger partial charge in [-0.2, -0.15) is 0 Å². The third kappa shape index (κ3) is 3.45. The van der Waals surface area contributed by atoms with Gasteiger partial charge in [0.15, 0.2) is 5.84 Å². The predicted molar refractivity (Wildman–Crippen MR) is 79.5 cm³/mol. The van der Waals surface area contributed by atoms with Crippen molar-refractivity contribution < 1.29 is 14.7 Å². The maximum absolute atomic E-state index is 12.5. The van der Waals surface area contributed by atoms with Gasteiger partial charge in [-0.3, -0.25) is 4.79 Å². The number of methoxy groups -OCH3 is 1. The molecular formula is C15H21N3O3. The van der Waals surface area contributed by atoms with Crippen LogP contribution in [0.5, 0.6) is 5.75 Å². The van der Waals surface area contributed by atoms with E-state index in [0.717, 1.165) is 24.8 Å². The Hall–Kier alpha value is -2.24. The fourth-order valence-electron chi connectivity index (χ4n) is 2.72. The summed E-state index contributed by atoms with van der Waals surface area (Å²) in [5.41, 5.74) is 6.55. The number of nitrogens with zero attached hydrogens (tertiary/aromatic N) is 2. The lowest BCUT2D eigenvalue weighted by Crippen LogP contribution is -2.51. The second kappa shape index (κ2) is 6.97. The summed E-state index contributed by atoms with van der Waals surface area (Å²) in [6.45, 7) is 0.634. The van der Waals surface area contributed by atoms with Crippen molar-refractivity contribution in [2.24, 2.45) is 10.9 Å². The van der Waals surface area contributed by atoms with Gasteiger partial charge in [-0.1, -0.05) is 23.4 Å². The van der Waals surface area contributed by atoms with Gasteiger partial charge in [-0.05, 0) is 25.3 Å². The number of likely N-dealkylation sites (tertiary alicyclic amines) is 1. The van der Waals surface area contributed by atoms with Crippen LogP contribution in [0.3, 0.4) is 0 Å². The number of oxime groups is 1.